The summed E-state index contributed by atoms with van der Waals surface area (Å²) in [6, 6.07) is 21.0. The van der Waals surface area contributed by atoms with Crippen molar-refractivity contribution in [3.8, 4) is 22.6 Å². The average Bonchev–Trinajstić information content (AvgIpc) is 3.29. The smallest absolute Gasteiger partial charge is 0.407 e. The lowest BCUT2D eigenvalue weighted by Gasteiger charge is -2.24. The molecule has 5 heterocycles. The van der Waals surface area contributed by atoms with E-state index in [2.05, 4.69) is 53.9 Å². The highest BCUT2D eigenvalue weighted by Crippen LogP contribution is 2.32. The van der Waals surface area contributed by atoms with Gasteiger partial charge in [-0.05, 0) is 67.6 Å². The van der Waals surface area contributed by atoms with Crippen LogP contribution in [0.3, 0.4) is 0 Å². The molecule has 1 N–H and O–H groups in total. The Labute approximate surface area is 283 Å². The van der Waals surface area contributed by atoms with Crippen molar-refractivity contribution < 1.29 is 14.3 Å². The Kier molecular flexibility index (Phi) is 10.5. The van der Waals surface area contributed by atoms with Gasteiger partial charge in [0.15, 0.2) is 0 Å². The second kappa shape index (κ2) is 15.1. The van der Waals surface area contributed by atoms with Crippen LogP contribution in [0.15, 0.2) is 79.3 Å². The fraction of sp³-hybridized carbons (Fsp3) is 0.378. The van der Waals surface area contributed by atoms with E-state index in [1.807, 2.05) is 65.6 Å². The van der Waals surface area contributed by atoms with Crippen LogP contribution >= 0.6 is 0 Å². The number of fused-ring (bicyclic) bond motifs is 1. The topological polar surface area (TPSA) is 107 Å². The van der Waals surface area contributed by atoms with Crippen LogP contribution in [-0.4, -0.2) is 64.6 Å². The molecule has 250 valence electrons. The van der Waals surface area contributed by atoms with Gasteiger partial charge in [0.2, 0.25) is 0 Å². The number of nitrogens with zero attached hydrogens (tertiary/aromatic N) is 6. The molecule has 48 heavy (non-hydrogen) atoms. The van der Waals surface area contributed by atoms with E-state index in [1.54, 1.807) is 6.20 Å². The van der Waals surface area contributed by atoms with Crippen molar-refractivity contribution in [1.29, 1.82) is 0 Å². The van der Waals surface area contributed by atoms with Crippen LogP contribution in [0, 0.1) is 6.92 Å². The number of hydrogen-bond donors (Lipinski definition) is 1. The Morgan fingerprint density at radius 3 is 2.65 bits per heavy atom. The molecule has 0 radical (unpaired) electrons. The van der Waals surface area contributed by atoms with E-state index in [0.29, 0.717) is 13.3 Å². The van der Waals surface area contributed by atoms with Gasteiger partial charge in [-0.15, -0.1) is 0 Å². The molecule has 0 aliphatic carbocycles. The van der Waals surface area contributed by atoms with Crippen molar-refractivity contribution in [3.05, 3.63) is 90.4 Å². The van der Waals surface area contributed by atoms with Crippen molar-refractivity contribution >= 4 is 30.9 Å². The maximum atomic E-state index is 12.6. The predicted octanol–water partition coefficient (Wildman–Crippen LogP) is 7.46. The fourth-order valence-corrected chi connectivity index (χ4v) is 6.67. The van der Waals surface area contributed by atoms with E-state index >= 15 is 0 Å². The third-order valence-electron chi connectivity index (χ3n) is 8.68. The molecule has 0 bridgehead atoms. The molecule has 5 aromatic rings. The van der Waals surface area contributed by atoms with E-state index in [0.717, 1.165) is 88.9 Å². The van der Waals surface area contributed by atoms with Crippen LogP contribution in [0.4, 0.5) is 10.6 Å². The summed E-state index contributed by atoms with van der Waals surface area (Å²) in [6.07, 6.45) is 7.70. The summed E-state index contributed by atoms with van der Waals surface area (Å²) < 4.78 is 13.5. The maximum absolute atomic E-state index is 12.6. The summed E-state index contributed by atoms with van der Waals surface area (Å²) in [6.45, 7) is 12.1. The van der Waals surface area contributed by atoms with Crippen LogP contribution in [0.5, 0.6) is 0 Å². The molecule has 6 rings (SSSR count). The number of aryl methyl sites for hydroxylation is 1. The van der Waals surface area contributed by atoms with Crippen molar-refractivity contribution in [3.63, 3.8) is 0 Å². The first kappa shape index (κ1) is 33.3. The summed E-state index contributed by atoms with van der Waals surface area (Å²) in [7, 11) is -1.22. The van der Waals surface area contributed by atoms with Gasteiger partial charge in [0.25, 0.3) is 0 Å². The normalized spacial score (nSPS) is 15.3. The zero-order valence-electron chi connectivity index (χ0n) is 28.4. The summed E-state index contributed by atoms with van der Waals surface area (Å²) in [5.41, 5.74) is 6.34. The Morgan fingerprint density at radius 2 is 1.85 bits per heavy atom. The SMILES string of the molecule is Cc1ccc(-c2nn(COCC[Si](C)(C)C)c3cnc(-c4cccnc4)cc23)nc1N1CCC[C@@H](NC(=O)OCc2ccccc2)CC1. The number of anilines is 1. The van der Waals surface area contributed by atoms with Gasteiger partial charge in [-0.25, -0.2) is 14.5 Å². The van der Waals surface area contributed by atoms with Crippen LogP contribution in [0.1, 0.15) is 30.4 Å². The number of carbonyl (C=O) groups is 1. The number of rotatable bonds is 11. The zero-order chi connectivity index (χ0) is 33.5. The van der Waals surface area contributed by atoms with Gasteiger partial charge in [-0.2, -0.15) is 5.10 Å². The standard InChI is InChI=1S/C37H45N7O3Si/c1-27-14-15-32(41-36(27)43-18-9-13-30(16-19-43)40-37(45)47-25-28-10-6-5-7-11-28)35-31-22-33(29-12-8-17-38-23-29)39-24-34(31)44(42-35)26-46-20-21-48(2,3)4/h5-8,10-12,14-15,17,22-24,30H,9,13,16,18-21,25-26H2,1-4H3,(H,40,45)/t30-/m1/s1. The summed E-state index contributed by atoms with van der Waals surface area (Å²) in [4.78, 5) is 29.2. The van der Waals surface area contributed by atoms with Crippen LogP contribution in [0.2, 0.25) is 25.7 Å². The van der Waals surface area contributed by atoms with E-state index in [4.69, 9.17) is 24.5 Å². The number of pyridine rings is 3. The van der Waals surface area contributed by atoms with Crippen LogP contribution in [0.25, 0.3) is 33.5 Å². The first-order valence-electron chi connectivity index (χ1n) is 16.8. The molecule has 1 aliphatic rings. The van der Waals surface area contributed by atoms with E-state index in [9.17, 15) is 4.79 Å². The quantitative estimate of drug-likeness (QED) is 0.115. The highest BCUT2D eigenvalue weighted by Gasteiger charge is 2.23. The maximum Gasteiger partial charge on any atom is 0.407 e. The molecule has 10 nitrogen and oxygen atoms in total. The first-order chi connectivity index (χ1) is 23.2. The molecule has 11 heteroatoms. The average molecular weight is 664 g/mol. The van der Waals surface area contributed by atoms with Gasteiger partial charge in [-0.1, -0.05) is 56.0 Å². The molecule has 1 saturated heterocycles. The number of ether oxygens (including phenoxy) is 2. The lowest BCUT2D eigenvalue weighted by Crippen LogP contribution is -2.36. The largest absolute Gasteiger partial charge is 0.445 e. The lowest BCUT2D eigenvalue weighted by molar-refractivity contribution is 0.0818. The Bertz CT molecular complexity index is 1830. The highest BCUT2D eigenvalue weighted by molar-refractivity contribution is 6.76. The third kappa shape index (κ3) is 8.45. The number of hydrogen-bond acceptors (Lipinski definition) is 8. The molecule has 0 saturated carbocycles. The first-order valence-corrected chi connectivity index (χ1v) is 20.5. The second-order valence-corrected chi connectivity index (χ2v) is 19.3. The van der Waals surface area contributed by atoms with Gasteiger partial charge in [0.1, 0.15) is 24.8 Å². The van der Waals surface area contributed by atoms with E-state index < -0.39 is 8.07 Å². The zero-order valence-corrected chi connectivity index (χ0v) is 29.4. The Hall–Kier alpha value is -4.61. The molecule has 0 unspecified atom stereocenters. The third-order valence-corrected chi connectivity index (χ3v) is 10.4. The second-order valence-electron chi connectivity index (χ2n) is 13.7. The summed E-state index contributed by atoms with van der Waals surface area (Å²) in [5, 5.41) is 9.10. The van der Waals surface area contributed by atoms with Crippen molar-refractivity contribution in [2.24, 2.45) is 0 Å². The lowest BCUT2D eigenvalue weighted by atomic mass is 10.1. The molecule has 1 fully saturated rings. The minimum absolute atomic E-state index is 0.0424. The fourth-order valence-electron chi connectivity index (χ4n) is 5.92. The van der Waals surface area contributed by atoms with Crippen LogP contribution < -0.4 is 10.2 Å². The van der Waals surface area contributed by atoms with Gasteiger partial charge in [-0.3, -0.25) is 9.97 Å². The van der Waals surface area contributed by atoms with E-state index in [-0.39, 0.29) is 18.7 Å². The van der Waals surface area contributed by atoms with E-state index in [1.165, 1.54) is 0 Å². The molecule has 1 amide bonds. The van der Waals surface area contributed by atoms with Crippen molar-refractivity contribution in [2.75, 3.05) is 24.6 Å². The number of amides is 1. The van der Waals surface area contributed by atoms with Gasteiger partial charge >= 0.3 is 6.09 Å². The molecule has 1 aromatic carbocycles. The molecule has 0 spiro atoms. The van der Waals surface area contributed by atoms with Gasteiger partial charge < -0.3 is 19.7 Å². The van der Waals surface area contributed by atoms with Crippen molar-refractivity contribution in [2.45, 2.75) is 71.3 Å². The Balaban J connectivity index is 1.21. The number of nitrogens with one attached hydrogen (secondary N) is 1. The van der Waals surface area contributed by atoms with Gasteiger partial charge in [0, 0.05) is 57.2 Å². The minimum atomic E-state index is -1.22. The Morgan fingerprint density at radius 1 is 1.00 bits per heavy atom. The summed E-state index contributed by atoms with van der Waals surface area (Å²) >= 11 is 0. The number of carbonyl (C=O) groups excluding carboxylic acids is 1. The number of alkyl carbamates (subject to hydrolysis) is 1. The van der Waals surface area contributed by atoms with Crippen molar-refractivity contribution in [1.82, 2.24) is 30.0 Å². The molecule has 4 aromatic heterocycles. The molecule has 1 aliphatic heterocycles. The molecular weight excluding hydrogens is 619 g/mol. The predicted molar refractivity (Wildman–Crippen MR) is 192 cm³/mol. The molecular formula is C37H45N7O3Si. The number of benzene rings is 1. The number of aromatic nitrogens is 5. The monoisotopic (exact) mass is 663 g/mol. The summed E-state index contributed by atoms with van der Waals surface area (Å²) in [5.74, 6) is 0.940. The molecule has 1 atom stereocenters. The van der Waals surface area contributed by atoms with Crippen LogP contribution in [-0.2, 0) is 22.8 Å². The minimum Gasteiger partial charge on any atom is -0.445 e. The van der Waals surface area contributed by atoms with Gasteiger partial charge in [0.05, 0.1) is 23.1 Å². The highest BCUT2D eigenvalue weighted by atomic mass is 28.3.